The molecule has 0 saturated carbocycles. The molecule has 4 heteroatoms. The molecule has 0 fully saturated rings. The second-order valence-electron chi connectivity index (χ2n) is 3.94. The fourth-order valence-electron chi connectivity index (χ4n) is 1.56. The summed E-state index contributed by atoms with van der Waals surface area (Å²) in [5.74, 6) is 6.21. The molecule has 98 valence electrons. The number of aliphatic hydroxyl groups is 1. The van der Waals surface area contributed by atoms with Gasteiger partial charge in [-0.3, -0.25) is 0 Å². The highest BCUT2D eigenvalue weighted by Gasteiger charge is 2.06. The Morgan fingerprint density at radius 1 is 1.37 bits per heavy atom. The van der Waals surface area contributed by atoms with E-state index in [4.69, 9.17) is 21.4 Å². The molecule has 1 aromatic heterocycles. The van der Waals surface area contributed by atoms with Gasteiger partial charge in [-0.05, 0) is 36.1 Å². The van der Waals surface area contributed by atoms with Crippen molar-refractivity contribution in [3.05, 3.63) is 50.7 Å². The first-order chi connectivity index (χ1) is 9.20. The van der Waals surface area contributed by atoms with E-state index in [0.29, 0.717) is 17.4 Å². The van der Waals surface area contributed by atoms with E-state index in [0.717, 1.165) is 16.0 Å². The summed E-state index contributed by atoms with van der Waals surface area (Å²) in [6.07, 6.45) is 0. The van der Waals surface area contributed by atoms with Crippen LogP contribution in [0, 0.1) is 18.8 Å². The third-order valence-electron chi connectivity index (χ3n) is 2.49. The average molecular weight is 293 g/mol. The molecule has 2 rings (SSSR count). The minimum absolute atomic E-state index is 0.139. The predicted molar refractivity (Wildman–Crippen MR) is 78.8 cm³/mol. The van der Waals surface area contributed by atoms with Gasteiger partial charge < -0.3 is 9.84 Å². The summed E-state index contributed by atoms with van der Waals surface area (Å²) in [6, 6.07) is 7.62. The molecular formula is C15H13ClO2S. The Hall–Kier alpha value is -1.47. The van der Waals surface area contributed by atoms with Crippen molar-refractivity contribution < 1.29 is 9.84 Å². The third-order valence-corrected chi connectivity index (χ3v) is 3.68. The highest BCUT2D eigenvalue weighted by molar-refractivity contribution is 7.10. The number of thiophene rings is 1. The number of aliphatic hydroxyl groups excluding tert-OH is 1. The molecule has 0 amide bonds. The van der Waals surface area contributed by atoms with E-state index in [1.165, 1.54) is 0 Å². The monoisotopic (exact) mass is 292 g/mol. The lowest BCUT2D eigenvalue weighted by molar-refractivity contribution is 0.309. The molecule has 2 aromatic rings. The van der Waals surface area contributed by atoms with Gasteiger partial charge in [0.15, 0.2) is 0 Å². The summed E-state index contributed by atoms with van der Waals surface area (Å²) < 4.78 is 5.70. The SMILES string of the molecule is Cc1ccc(OCc2sccc2C#CCO)c(Cl)c1. The molecule has 2 nitrogen and oxygen atoms in total. The number of hydrogen-bond donors (Lipinski definition) is 1. The predicted octanol–water partition coefficient (Wildman–Crippen LogP) is 3.63. The number of hydrogen-bond acceptors (Lipinski definition) is 3. The van der Waals surface area contributed by atoms with E-state index in [9.17, 15) is 0 Å². The van der Waals surface area contributed by atoms with Crippen molar-refractivity contribution in [2.45, 2.75) is 13.5 Å². The zero-order chi connectivity index (χ0) is 13.7. The Kier molecular flexibility index (Phi) is 4.86. The zero-order valence-electron chi connectivity index (χ0n) is 10.4. The van der Waals surface area contributed by atoms with Crippen LogP contribution in [0.1, 0.15) is 16.0 Å². The average Bonchev–Trinajstić information content (AvgIpc) is 2.83. The van der Waals surface area contributed by atoms with Crippen LogP contribution in [0.15, 0.2) is 29.6 Å². The number of ether oxygens (including phenoxy) is 1. The van der Waals surface area contributed by atoms with Crippen LogP contribution >= 0.6 is 22.9 Å². The van der Waals surface area contributed by atoms with Gasteiger partial charge in [-0.25, -0.2) is 0 Å². The Morgan fingerprint density at radius 3 is 2.95 bits per heavy atom. The molecule has 0 saturated heterocycles. The van der Waals surface area contributed by atoms with Gasteiger partial charge in [-0.2, -0.15) is 0 Å². The number of aryl methyl sites for hydroxylation is 1. The van der Waals surface area contributed by atoms with Gasteiger partial charge in [0.1, 0.15) is 19.0 Å². The van der Waals surface area contributed by atoms with E-state index >= 15 is 0 Å². The van der Waals surface area contributed by atoms with Crippen molar-refractivity contribution in [1.29, 1.82) is 0 Å². The number of benzene rings is 1. The first kappa shape index (κ1) is 14.0. The summed E-state index contributed by atoms with van der Waals surface area (Å²) in [5, 5.41) is 11.3. The summed E-state index contributed by atoms with van der Waals surface area (Å²) >= 11 is 7.69. The van der Waals surface area contributed by atoms with Gasteiger partial charge in [0.25, 0.3) is 0 Å². The van der Waals surface area contributed by atoms with Crippen molar-refractivity contribution >= 4 is 22.9 Å². The van der Waals surface area contributed by atoms with Crippen LogP contribution in [0.3, 0.4) is 0 Å². The minimum atomic E-state index is -0.139. The highest BCUT2D eigenvalue weighted by atomic mass is 35.5. The van der Waals surface area contributed by atoms with Crippen LogP contribution in [-0.4, -0.2) is 11.7 Å². The van der Waals surface area contributed by atoms with Crippen molar-refractivity contribution in [3.63, 3.8) is 0 Å². The summed E-state index contributed by atoms with van der Waals surface area (Å²) in [5.41, 5.74) is 1.99. The second kappa shape index (κ2) is 6.63. The molecule has 1 N–H and O–H groups in total. The van der Waals surface area contributed by atoms with Crippen molar-refractivity contribution in [3.8, 4) is 17.6 Å². The van der Waals surface area contributed by atoms with Crippen molar-refractivity contribution in [1.82, 2.24) is 0 Å². The largest absolute Gasteiger partial charge is 0.486 e. The van der Waals surface area contributed by atoms with Gasteiger partial charge in [0.2, 0.25) is 0 Å². The fourth-order valence-corrected chi connectivity index (χ4v) is 2.60. The van der Waals surface area contributed by atoms with E-state index in [1.54, 1.807) is 11.3 Å². The van der Waals surface area contributed by atoms with Gasteiger partial charge in [0, 0.05) is 5.56 Å². The molecule has 19 heavy (non-hydrogen) atoms. The molecule has 0 aliphatic carbocycles. The quantitative estimate of drug-likeness (QED) is 0.875. The highest BCUT2D eigenvalue weighted by Crippen LogP contribution is 2.27. The standard InChI is InChI=1S/C15H13ClO2S/c1-11-4-5-14(13(16)9-11)18-10-15-12(3-2-7-17)6-8-19-15/h4-6,8-9,17H,7,10H2,1H3. The molecular weight excluding hydrogens is 280 g/mol. The summed E-state index contributed by atoms with van der Waals surface area (Å²) in [7, 11) is 0. The lowest BCUT2D eigenvalue weighted by Gasteiger charge is -2.07. The van der Waals surface area contributed by atoms with Gasteiger partial charge in [-0.15, -0.1) is 11.3 Å². The Morgan fingerprint density at radius 2 is 2.21 bits per heavy atom. The molecule has 0 bridgehead atoms. The zero-order valence-corrected chi connectivity index (χ0v) is 12.0. The van der Waals surface area contributed by atoms with E-state index in [1.807, 2.05) is 36.6 Å². The van der Waals surface area contributed by atoms with Crippen LogP contribution < -0.4 is 4.74 Å². The smallest absolute Gasteiger partial charge is 0.138 e. The molecule has 0 atom stereocenters. The molecule has 0 aliphatic rings. The van der Waals surface area contributed by atoms with Crippen LogP contribution in [-0.2, 0) is 6.61 Å². The maximum absolute atomic E-state index is 8.71. The Bertz CT molecular complexity index is 623. The van der Waals surface area contributed by atoms with E-state index in [-0.39, 0.29) is 6.61 Å². The van der Waals surface area contributed by atoms with Gasteiger partial charge >= 0.3 is 0 Å². The maximum Gasteiger partial charge on any atom is 0.138 e. The van der Waals surface area contributed by atoms with Gasteiger partial charge in [-0.1, -0.05) is 29.5 Å². The molecule has 0 aliphatic heterocycles. The molecule has 0 radical (unpaired) electrons. The topological polar surface area (TPSA) is 29.5 Å². The Labute approximate surface area is 121 Å². The first-order valence-corrected chi connectivity index (χ1v) is 7.01. The first-order valence-electron chi connectivity index (χ1n) is 5.75. The van der Waals surface area contributed by atoms with Gasteiger partial charge in [0.05, 0.1) is 9.90 Å². The minimum Gasteiger partial charge on any atom is -0.486 e. The number of halogens is 1. The van der Waals surface area contributed by atoms with Crippen LogP contribution in [0.5, 0.6) is 5.75 Å². The van der Waals surface area contributed by atoms with E-state index < -0.39 is 0 Å². The van der Waals surface area contributed by atoms with Crippen LogP contribution in [0.4, 0.5) is 0 Å². The second-order valence-corrected chi connectivity index (χ2v) is 5.35. The van der Waals surface area contributed by atoms with Crippen molar-refractivity contribution in [2.75, 3.05) is 6.61 Å². The summed E-state index contributed by atoms with van der Waals surface area (Å²) in [4.78, 5) is 1.03. The third kappa shape index (κ3) is 3.74. The van der Waals surface area contributed by atoms with Crippen LogP contribution in [0.2, 0.25) is 5.02 Å². The molecule has 0 spiro atoms. The number of rotatable bonds is 3. The lowest BCUT2D eigenvalue weighted by Crippen LogP contribution is -1.95. The normalized spacial score (nSPS) is 9.84. The van der Waals surface area contributed by atoms with Crippen LogP contribution in [0.25, 0.3) is 0 Å². The summed E-state index contributed by atoms with van der Waals surface area (Å²) in [6.45, 7) is 2.27. The molecule has 0 unspecified atom stereocenters. The lowest BCUT2D eigenvalue weighted by atomic mass is 10.2. The fraction of sp³-hybridized carbons (Fsp3) is 0.200. The Balaban J connectivity index is 2.08. The van der Waals surface area contributed by atoms with Crippen molar-refractivity contribution in [2.24, 2.45) is 0 Å². The molecule has 1 aromatic carbocycles. The molecule has 1 heterocycles. The maximum atomic E-state index is 8.71. The van der Waals surface area contributed by atoms with E-state index in [2.05, 4.69) is 11.8 Å².